The van der Waals surface area contributed by atoms with Gasteiger partial charge in [-0.15, -0.1) is 11.3 Å². The van der Waals surface area contributed by atoms with Crippen LogP contribution in [0.15, 0.2) is 29.9 Å². The third kappa shape index (κ3) is 3.02. The van der Waals surface area contributed by atoms with Gasteiger partial charge in [-0.05, 0) is 44.4 Å². The second-order valence-corrected chi connectivity index (χ2v) is 7.85. The lowest BCUT2D eigenvalue weighted by Crippen LogP contribution is -2.45. The Morgan fingerprint density at radius 1 is 1.08 bits per heavy atom. The maximum atomic E-state index is 5.89. The molecule has 0 amide bonds. The van der Waals surface area contributed by atoms with E-state index in [4.69, 9.17) is 4.74 Å². The highest BCUT2D eigenvalue weighted by molar-refractivity contribution is 7.17. The maximum absolute atomic E-state index is 5.89. The zero-order valence-corrected chi connectivity index (χ0v) is 15.9. The van der Waals surface area contributed by atoms with Crippen LogP contribution >= 0.6 is 11.3 Å². The van der Waals surface area contributed by atoms with Gasteiger partial charge in [-0.2, -0.15) is 0 Å². The van der Waals surface area contributed by atoms with Crippen molar-refractivity contribution in [1.29, 1.82) is 0 Å². The number of aromatic nitrogens is 2. The third-order valence-electron chi connectivity index (χ3n) is 4.89. The Hall–Kier alpha value is -1.98. The minimum atomic E-state index is 0.206. The van der Waals surface area contributed by atoms with E-state index in [1.165, 1.54) is 22.3 Å². The smallest absolute Gasteiger partial charge is 0.141 e. The molecule has 0 spiro atoms. The summed E-state index contributed by atoms with van der Waals surface area (Å²) in [5.41, 5.74) is 5.09. The topological polar surface area (TPSA) is 38.2 Å². The molecule has 0 radical (unpaired) electrons. The minimum Gasteiger partial charge on any atom is -0.372 e. The van der Waals surface area contributed by atoms with Crippen LogP contribution in [0.5, 0.6) is 0 Å². The average Bonchev–Trinajstić information content (AvgIpc) is 3.00. The number of fused-ring (bicyclic) bond motifs is 1. The molecule has 0 saturated carbocycles. The second-order valence-electron chi connectivity index (χ2n) is 6.99. The summed E-state index contributed by atoms with van der Waals surface area (Å²) in [6.45, 7) is 10.3. The average molecular weight is 353 g/mol. The van der Waals surface area contributed by atoms with E-state index in [0.717, 1.165) is 29.1 Å². The van der Waals surface area contributed by atoms with Crippen LogP contribution in [0, 0.1) is 13.8 Å². The predicted octanol–water partition coefficient (Wildman–Crippen LogP) is 4.59. The lowest BCUT2D eigenvalue weighted by atomic mass is 10.0. The van der Waals surface area contributed by atoms with Crippen LogP contribution in [0.2, 0.25) is 0 Å². The summed E-state index contributed by atoms with van der Waals surface area (Å²) in [7, 11) is 0. The summed E-state index contributed by atoms with van der Waals surface area (Å²) in [6, 6.07) is 6.65. The Kier molecular flexibility index (Phi) is 4.21. The SMILES string of the molecule is Cc1ccc(-c2csc3ncnc(N4C[C@H](C)O[C@@H](C)C4)c23)cc1C. The third-order valence-corrected chi connectivity index (χ3v) is 5.77. The molecule has 25 heavy (non-hydrogen) atoms. The van der Waals surface area contributed by atoms with Gasteiger partial charge in [0.05, 0.1) is 17.6 Å². The van der Waals surface area contributed by atoms with Crippen LogP contribution in [0.1, 0.15) is 25.0 Å². The standard InChI is InChI=1S/C20H23N3OS/c1-12-5-6-16(7-13(12)2)17-10-25-20-18(17)19(21-11-22-20)23-8-14(3)24-15(4)9-23/h5-7,10-11,14-15H,8-9H2,1-4H3/t14-,15-/m0/s1. The molecule has 0 unspecified atom stereocenters. The number of aryl methyl sites for hydroxylation is 2. The molecule has 4 rings (SSSR count). The Morgan fingerprint density at radius 2 is 1.84 bits per heavy atom. The van der Waals surface area contributed by atoms with E-state index < -0.39 is 0 Å². The van der Waals surface area contributed by atoms with Crippen LogP contribution in [-0.2, 0) is 4.74 Å². The molecule has 1 aromatic carbocycles. The quantitative estimate of drug-likeness (QED) is 0.675. The van der Waals surface area contributed by atoms with Gasteiger partial charge in [0.1, 0.15) is 17.0 Å². The van der Waals surface area contributed by atoms with Crippen molar-refractivity contribution >= 4 is 27.4 Å². The van der Waals surface area contributed by atoms with Gasteiger partial charge in [0.25, 0.3) is 0 Å². The minimum absolute atomic E-state index is 0.206. The number of hydrogen-bond acceptors (Lipinski definition) is 5. The lowest BCUT2D eigenvalue weighted by Gasteiger charge is -2.36. The van der Waals surface area contributed by atoms with E-state index in [1.54, 1.807) is 17.7 Å². The predicted molar refractivity (Wildman–Crippen MR) is 105 cm³/mol. The molecule has 1 saturated heterocycles. The summed E-state index contributed by atoms with van der Waals surface area (Å²) in [5, 5.41) is 3.37. The van der Waals surface area contributed by atoms with Gasteiger partial charge in [-0.25, -0.2) is 9.97 Å². The second kappa shape index (κ2) is 6.39. The lowest BCUT2D eigenvalue weighted by molar-refractivity contribution is -0.00537. The molecule has 1 aliphatic rings. The van der Waals surface area contributed by atoms with E-state index in [2.05, 4.69) is 66.1 Å². The van der Waals surface area contributed by atoms with E-state index in [9.17, 15) is 0 Å². The van der Waals surface area contributed by atoms with Crippen molar-refractivity contribution in [2.45, 2.75) is 39.9 Å². The number of benzene rings is 1. The van der Waals surface area contributed by atoms with Gasteiger partial charge in [0, 0.05) is 24.0 Å². The Bertz CT molecular complexity index is 910. The largest absolute Gasteiger partial charge is 0.372 e. The molecular weight excluding hydrogens is 330 g/mol. The van der Waals surface area contributed by atoms with E-state index in [0.29, 0.717) is 0 Å². The highest BCUT2D eigenvalue weighted by Crippen LogP contribution is 2.39. The van der Waals surface area contributed by atoms with Gasteiger partial charge in [-0.3, -0.25) is 0 Å². The Labute approximate surface area is 152 Å². The first-order valence-electron chi connectivity index (χ1n) is 8.73. The molecular formula is C20H23N3OS. The normalized spacial score (nSPS) is 21.0. The fourth-order valence-corrected chi connectivity index (χ4v) is 4.48. The van der Waals surface area contributed by atoms with Crippen LogP contribution in [-0.4, -0.2) is 35.3 Å². The molecule has 4 nitrogen and oxygen atoms in total. The van der Waals surface area contributed by atoms with Crippen molar-refractivity contribution in [2.75, 3.05) is 18.0 Å². The molecule has 5 heteroatoms. The number of thiophene rings is 1. The summed E-state index contributed by atoms with van der Waals surface area (Å²) in [6.07, 6.45) is 2.10. The fraction of sp³-hybridized carbons (Fsp3) is 0.400. The molecule has 130 valence electrons. The first kappa shape index (κ1) is 16.5. The van der Waals surface area contributed by atoms with Gasteiger partial charge in [0.2, 0.25) is 0 Å². The summed E-state index contributed by atoms with van der Waals surface area (Å²) in [4.78, 5) is 12.6. The first-order valence-corrected chi connectivity index (χ1v) is 9.61. The molecule has 3 aromatic rings. The van der Waals surface area contributed by atoms with Gasteiger partial charge >= 0.3 is 0 Å². The number of hydrogen-bond donors (Lipinski definition) is 0. The molecule has 0 N–H and O–H groups in total. The highest BCUT2D eigenvalue weighted by atomic mass is 32.1. The van der Waals surface area contributed by atoms with Crippen molar-refractivity contribution in [2.24, 2.45) is 0 Å². The Balaban J connectivity index is 1.86. The number of nitrogens with zero attached hydrogens (tertiary/aromatic N) is 3. The van der Waals surface area contributed by atoms with Gasteiger partial charge in [0.15, 0.2) is 0 Å². The number of ether oxygens (including phenoxy) is 1. The number of morpholine rings is 1. The summed E-state index contributed by atoms with van der Waals surface area (Å²) < 4.78 is 5.89. The van der Waals surface area contributed by atoms with Crippen LogP contribution < -0.4 is 4.90 Å². The van der Waals surface area contributed by atoms with E-state index >= 15 is 0 Å². The molecule has 1 fully saturated rings. The summed E-state index contributed by atoms with van der Waals surface area (Å²) >= 11 is 1.69. The highest BCUT2D eigenvalue weighted by Gasteiger charge is 2.26. The van der Waals surface area contributed by atoms with Crippen LogP contribution in [0.3, 0.4) is 0 Å². The number of rotatable bonds is 2. The Morgan fingerprint density at radius 3 is 2.56 bits per heavy atom. The maximum Gasteiger partial charge on any atom is 0.141 e. The molecule has 2 atom stereocenters. The van der Waals surface area contributed by atoms with Crippen LogP contribution in [0.25, 0.3) is 21.3 Å². The van der Waals surface area contributed by atoms with Crippen LogP contribution in [0.4, 0.5) is 5.82 Å². The number of anilines is 1. The van der Waals surface area contributed by atoms with Crippen molar-refractivity contribution in [3.05, 3.63) is 41.0 Å². The monoisotopic (exact) mass is 353 g/mol. The van der Waals surface area contributed by atoms with Gasteiger partial charge < -0.3 is 9.64 Å². The van der Waals surface area contributed by atoms with E-state index in [-0.39, 0.29) is 12.2 Å². The first-order chi connectivity index (χ1) is 12.0. The molecule has 2 aromatic heterocycles. The fourth-order valence-electron chi connectivity index (χ4n) is 3.57. The molecule has 0 aliphatic carbocycles. The van der Waals surface area contributed by atoms with Gasteiger partial charge in [-0.1, -0.05) is 18.2 Å². The van der Waals surface area contributed by atoms with E-state index in [1.807, 2.05) is 0 Å². The zero-order valence-electron chi connectivity index (χ0n) is 15.1. The molecule has 3 heterocycles. The van der Waals surface area contributed by atoms with Crippen molar-refractivity contribution in [1.82, 2.24) is 9.97 Å². The van der Waals surface area contributed by atoms with Crippen molar-refractivity contribution < 1.29 is 4.74 Å². The summed E-state index contributed by atoms with van der Waals surface area (Å²) in [5.74, 6) is 1.03. The zero-order chi connectivity index (χ0) is 17.6. The molecule has 0 bridgehead atoms. The molecule has 1 aliphatic heterocycles. The van der Waals surface area contributed by atoms with Crippen molar-refractivity contribution in [3.8, 4) is 11.1 Å². The van der Waals surface area contributed by atoms with Crippen molar-refractivity contribution in [3.63, 3.8) is 0 Å².